The largest absolute Gasteiger partial charge is 0.339 e. The average Bonchev–Trinajstić information content (AvgIpc) is 3.20. The van der Waals surface area contributed by atoms with Crippen LogP contribution < -0.4 is 5.32 Å². The molecule has 0 aliphatic rings. The third kappa shape index (κ3) is 5.59. The Labute approximate surface area is 205 Å². The van der Waals surface area contributed by atoms with E-state index in [9.17, 15) is 4.79 Å². The number of pyridine rings is 2. The SMILES string of the molecule is CCc1cc(-n2nc(C)cc2Nc2cc(CC(=O)c3ccnc(C(C)(C)C)c3)cnc2C)ncn1. The van der Waals surface area contributed by atoms with Gasteiger partial charge in [-0.2, -0.15) is 9.78 Å². The normalized spacial score (nSPS) is 11.5. The lowest BCUT2D eigenvalue weighted by Crippen LogP contribution is -2.15. The van der Waals surface area contributed by atoms with Gasteiger partial charge in [0.1, 0.15) is 12.1 Å². The Morgan fingerprint density at radius 2 is 1.83 bits per heavy atom. The van der Waals surface area contributed by atoms with E-state index in [0.717, 1.165) is 46.3 Å². The van der Waals surface area contributed by atoms with Crippen molar-refractivity contribution in [2.24, 2.45) is 0 Å². The Kier molecular flexibility index (Phi) is 6.73. The molecule has 0 bridgehead atoms. The van der Waals surface area contributed by atoms with Crippen LogP contribution in [0.1, 0.15) is 66.4 Å². The van der Waals surface area contributed by atoms with Crippen molar-refractivity contribution in [3.05, 3.63) is 83.0 Å². The van der Waals surface area contributed by atoms with Crippen LogP contribution in [-0.2, 0) is 18.3 Å². The van der Waals surface area contributed by atoms with Crippen LogP contribution in [0.5, 0.6) is 0 Å². The number of ketones is 1. The van der Waals surface area contributed by atoms with Crippen molar-refractivity contribution in [3.63, 3.8) is 0 Å². The third-order valence-electron chi connectivity index (χ3n) is 5.74. The first-order valence-electron chi connectivity index (χ1n) is 11.7. The van der Waals surface area contributed by atoms with Crippen molar-refractivity contribution in [1.29, 1.82) is 0 Å². The predicted molar refractivity (Wildman–Crippen MR) is 136 cm³/mol. The molecule has 0 atom stereocenters. The van der Waals surface area contributed by atoms with Crippen molar-refractivity contribution in [2.45, 2.75) is 59.8 Å². The topological polar surface area (TPSA) is 98.5 Å². The summed E-state index contributed by atoms with van der Waals surface area (Å²) >= 11 is 0. The van der Waals surface area contributed by atoms with Gasteiger partial charge in [0.05, 0.1) is 17.1 Å². The summed E-state index contributed by atoms with van der Waals surface area (Å²) in [5.74, 6) is 1.49. The predicted octanol–water partition coefficient (Wildman–Crippen LogP) is 5.10. The fraction of sp³-hybridized carbons (Fsp3) is 0.333. The average molecular weight is 470 g/mol. The second kappa shape index (κ2) is 9.74. The lowest BCUT2D eigenvalue weighted by atomic mass is 9.90. The summed E-state index contributed by atoms with van der Waals surface area (Å²) < 4.78 is 1.76. The summed E-state index contributed by atoms with van der Waals surface area (Å²) in [6, 6.07) is 9.51. The van der Waals surface area contributed by atoms with Gasteiger partial charge in [-0.15, -0.1) is 0 Å². The van der Waals surface area contributed by atoms with E-state index in [0.29, 0.717) is 11.4 Å². The number of hydrogen-bond donors (Lipinski definition) is 1. The molecule has 0 radical (unpaired) electrons. The molecule has 4 heterocycles. The van der Waals surface area contributed by atoms with Crippen molar-refractivity contribution in [3.8, 4) is 5.82 Å². The lowest BCUT2D eigenvalue weighted by molar-refractivity contribution is 0.0992. The number of nitrogens with one attached hydrogen (secondary N) is 1. The van der Waals surface area contributed by atoms with Crippen LogP contribution in [0.2, 0.25) is 0 Å². The van der Waals surface area contributed by atoms with Crippen LogP contribution in [0.4, 0.5) is 11.5 Å². The molecule has 0 aliphatic carbocycles. The summed E-state index contributed by atoms with van der Waals surface area (Å²) in [4.78, 5) is 30.7. The summed E-state index contributed by atoms with van der Waals surface area (Å²) in [6.45, 7) is 12.2. The number of nitrogens with zero attached hydrogens (tertiary/aromatic N) is 6. The zero-order valence-corrected chi connectivity index (χ0v) is 21.1. The number of Topliss-reactive ketones (excluding diaryl/α,β-unsaturated/α-hetero) is 1. The van der Waals surface area contributed by atoms with Gasteiger partial charge in [-0.3, -0.25) is 14.8 Å². The van der Waals surface area contributed by atoms with Crippen LogP contribution in [0.25, 0.3) is 5.82 Å². The second-order valence-corrected chi connectivity index (χ2v) is 9.69. The first-order chi connectivity index (χ1) is 16.6. The monoisotopic (exact) mass is 469 g/mol. The summed E-state index contributed by atoms with van der Waals surface area (Å²) in [5.41, 5.74) is 5.69. The van der Waals surface area contributed by atoms with Crippen LogP contribution >= 0.6 is 0 Å². The van der Waals surface area contributed by atoms with Gasteiger partial charge in [-0.25, -0.2) is 9.97 Å². The highest BCUT2D eigenvalue weighted by molar-refractivity contribution is 5.97. The molecule has 0 saturated heterocycles. The summed E-state index contributed by atoms with van der Waals surface area (Å²) in [5, 5.41) is 8.04. The number of carbonyl (C=O) groups is 1. The van der Waals surface area contributed by atoms with Gasteiger partial charge in [0.15, 0.2) is 11.6 Å². The number of aromatic nitrogens is 6. The molecular weight excluding hydrogens is 438 g/mol. The molecule has 0 aliphatic heterocycles. The minimum Gasteiger partial charge on any atom is -0.339 e. The van der Waals surface area contributed by atoms with E-state index in [2.05, 4.69) is 58.0 Å². The van der Waals surface area contributed by atoms with Gasteiger partial charge in [-0.05, 0) is 44.0 Å². The Bertz CT molecular complexity index is 1370. The molecule has 0 spiro atoms. The minimum absolute atomic E-state index is 0.0310. The van der Waals surface area contributed by atoms with E-state index >= 15 is 0 Å². The third-order valence-corrected chi connectivity index (χ3v) is 5.74. The van der Waals surface area contributed by atoms with Crippen LogP contribution in [0.15, 0.2) is 49.1 Å². The van der Waals surface area contributed by atoms with Crippen LogP contribution in [-0.4, -0.2) is 35.5 Å². The molecule has 0 aromatic carbocycles. The molecule has 0 fully saturated rings. The van der Waals surface area contributed by atoms with Crippen molar-refractivity contribution >= 4 is 17.3 Å². The highest BCUT2D eigenvalue weighted by Gasteiger charge is 2.18. The van der Waals surface area contributed by atoms with Gasteiger partial charge in [0.2, 0.25) is 0 Å². The molecule has 1 N–H and O–H groups in total. The van der Waals surface area contributed by atoms with Crippen molar-refractivity contribution < 1.29 is 4.79 Å². The Morgan fingerprint density at radius 1 is 1.03 bits per heavy atom. The number of rotatable bonds is 7. The second-order valence-electron chi connectivity index (χ2n) is 9.69. The van der Waals surface area contributed by atoms with Crippen molar-refractivity contribution in [1.82, 2.24) is 29.7 Å². The molecule has 8 heteroatoms. The molecule has 0 amide bonds. The maximum absolute atomic E-state index is 13.0. The summed E-state index contributed by atoms with van der Waals surface area (Å²) in [7, 11) is 0. The number of aryl methyl sites for hydroxylation is 3. The Hall–Kier alpha value is -3.94. The lowest BCUT2D eigenvalue weighted by Gasteiger charge is -2.18. The molecule has 8 nitrogen and oxygen atoms in total. The van der Waals surface area contributed by atoms with E-state index < -0.39 is 0 Å². The van der Waals surface area contributed by atoms with Gasteiger partial charge in [-0.1, -0.05) is 27.7 Å². The van der Waals surface area contributed by atoms with E-state index in [-0.39, 0.29) is 17.6 Å². The first-order valence-corrected chi connectivity index (χ1v) is 11.7. The maximum Gasteiger partial charge on any atom is 0.167 e. The van der Waals surface area contributed by atoms with Crippen LogP contribution in [0, 0.1) is 13.8 Å². The molecule has 180 valence electrons. The van der Waals surface area contributed by atoms with E-state index in [4.69, 9.17) is 0 Å². The van der Waals surface area contributed by atoms with E-state index in [1.807, 2.05) is 38.1 Å². The number of anilines is 2. The van der Waals surface area contributed by atoms with E-state index in [1.54, 1.807) is 29.5 Å². The zero-order chi connectivity index (χ0) is 25.2. The molecule has 4 aromatic heterocycles. The zero-order valence-electron chi connectivity index (χ0n) is 21.1. The molecule has 35 heavy (non-hydrogen) atoms. The van der Waals surface area contributed by atoms with E-state index in [1.165, 1.54) is 0 Å². The summed E-state index contributed by atoms with van der Waals surface area (Å²) in [6.07, 6.45) is 6.07. The Morgan fingerprint density at radius 3 is 2.57 bits per heavy atom. The van der Waals surface area contributed by atoms with Gasteiger partial charge >= 0.3 is 0 Å². The molecule has 0 unspecified atom stereocenters. The van der Waals surface area contributed by atoms with Crippen LogP contribution in [0.3, 0.4) is 0 Å². The maximum atomic E-state index is 13.0. The standard InChI is InChI=1S/C27H31N7O/c1-7-21-14-25(31-16-30-21)34-26(10-17(2)33-34)32-22-11-19(15-29-18(22)3)12-23(35)20-8-9-28-24(13-20)27(4,5)6/h8-11,13-16,32H,7,12H2,1-6H3. The van der Waals surface area contributed by atoms with Gasteiger partial charge < -0.3 is 5.32 Å². The van der Waals surface area contributed by atoms with Crippen molar-refractivity contribution in [2.75, 3.05) is 5.32 Å². The Balaban J connectivity index is 1.59. The molecular formula is C27H31N7O. The highest BCUT2D eigenvalue weighted by Crippen LogP contribution is 2.25. The highest BCUT2D eigenvalue weighted by atomic mass is 16.1. The fourth-order valence-electron chi connectivity index (χ4n) is 3.70. The quantitative estimate of drug-likeness (QED) is 0.376. The molecule has 0 saturated carbocycles. The molecule has 4 rings (SSSR count). The minimum atomic E-state index is -0.124. The molecule has 4 aromatic rings. The number of hydrogen-bond acceptors (Lipinski definition) is 7. The fourth-order valence-corrected chi connectivity index (χ4v) is 3.70. The van der Waals surface area contributed by atoms with Gasteiger partial charge in [0.25, 0.3) is 0 Å². The van der Waals surface area contributed by atoms with Gasteiger partial charge in [0, 0.05) is 53.3 Å². The first kappa shape index (κ1) is 24.2. The number of carbonyl (C=O) groups excluding carboxylic acids is 1. The smallest absolute Gasteiger partial charge is 0.167 e.